The lowest BCUT2D eigenvalue weighted by Gasteiger charge is -2.25. The Morgan fingerprint density at radius 2 is 2.07 bits per heavy atom. The van der Waals surface area contributed by atoms with E-state index in [9.17, 15) is 18.0 Å². The minimum absolute atomic E-state index is 0.000741. The molecule has 0 unspecified atom stereocenters. The van der Waals surface area contributed by atoms with Gasteiger partial charge in [-0.25, -0.2) is 4.39 Å². The van der Waals surface area contributed by atoms with Crippen LogP contribution >= 0.6 is 15.9 Å². The number of nitrogens with one attached hydrogen (secondary N) is 1. The Balaban J connectivity index is 2.56. The zero-order valence-corrected chi connectivity index (χ0v) is 8.57. The van der Waals surface area contributed by atoms with E-state index < -0.39 is 23.6 Å². The minimum Gasteiger partial charge on any atom is -0.422 e. The monoisotopic (exact) mass is 281 g/mol. The highest BCUT2D eigenvalue weighted by atomic mass is 79.9. The molecule has 0 saturated carbocycles. The number of alkyl halides is 2. The number of carbonyl (C=O) groups is 1. The number of rotatable bonds is 0. The lowest BCUT2D eigenvalue weighted by molar-refractivity contribution is -0.189. The number of amides is 1. The molecule has 1 aromatic carbocycles. The maximum atomic E-state index is 13.0. The molecule has 80 valence electrons. The Hall–Kier alpha value is -1.24. The minimum atomic E-state index is -3.98. The summed E-state index contributed by atoms with van der Waals surface area (Å²) < 4.78 is 42.5. The summed E-state index contributed by atoms with van der Waals surface area (Å²) in [4.78, 5) is 10.8. The predicted octanol–water partition coefficient (Wildman–Crippen LogP) is 2.51. The summed E-state index contributed by atoms with van der Waals surface area (Å²) in [5.74, 6) is -2.74. The van der Waals surface area contributed by atoms with Gasteiger partial charge < -0.3 is 10.1 Å². The highest BCUT2D eigenvalue weighted by Crippen LogP contribution is 2.41. The Bertz CT molecular complexity index is 450. The number of fused-ring (bicyclic) bond motifs is 1. The lowest BCUT2D eigenvalue weighted by Crippen LogP contribution is -2.43. The van der Waals surface area contributed by atoms with Crippen molar-refractivity contribution < 1.29 is 22.7 Å². The fourth-order valence-electron chi connectivity index (χ4n) is 1.10. The first-order valence-corrected chi connectivity index (χ1v) is 4.57. The molecule has 2 rings (SSSR count). The first-order valence-electron chi connectivity index (χ1n) is 3.78. The molecule has 1 amide bonds. The van der Waals surface area contributed by atoms with Crippen molar-refractivity contribution in [2.24, 2.45) is 0 Å². The van der Waals surface area contributed by atoms with Crippen molar-refractivity contribution in [3.8, 4) is 5.75 Å². The van der Waals surface area contributed by atoms with Gasteiger partial charge in [0.25, 0.3) is 0 Å². The molecule has 0 saturated heterocycles. The van der Waals surface area contributed by atoms with Crippen molar-refractivity contribution in [2.75, 3.05) is 5.32 Å². The SMILES string of the molecule is O=C1Nc2ccc(F)c(Br)c2OC1(F)F. The first-order chi connectivity index (χ1) is 6.92. The number of hydrogen-bond donors (Lipinski definition) is 1. The number of anilines is 1. The van der Waals surface area contributed by atoms with E-state index in [1.54, 1.807) is 0 Å². The van der Waals surface area contributed by atoms with Crippen LogP contribution in [0.5, 0.6) is 5.75 Å². The zero-order chi connectivity index (χ0) is 11.2. The van der Waals surface area contributed by atoms with Crippen LogP contribution in [0.1, 0.15) is 0 Å². The van der Waals surface area contributed by atoms with Crippen molar-refractivity contribution in [3.63, 3.8) is 0 Å². The van der Waals surface area contributed by atoms with E-state index in [0.717, 1.165) is 12.1 Å². The summed E-state index contributed by atoms with van der Waals surface area (Å²) in [7, 11) is 0. The smallest absolute Gasteiger partial charge is 0.422 e. The molecule has 0 atom stereocenters. The van der Waals surface area contributed by atoms with Crippen molar-refractivity contribution in [2.45, 2.75) is 6.11 Å². The van der Waals surface area contributed by atoms with E-state index in [4.69, 9.17) is 0 Å². The number of carbonyl (C=O) groups excluding carboxylic acids is 1. The van der Waals surface area contributed by atoms with E-state index in [0.29, 0.717) is 0 Å². The summed E-state index contributed by atoms with van der Waals surface area (Å²) >= 11 is 2.75. The van der Waals surface area contributed by atoms with Gasteiger partial charge in [-0.2, -0.15) is 8.78 Å². The van der Waals surface area contributed by atoms with Gasteiger partial charge in [0.1, 0.15) is 5.82 Å². The average Bonchev–Trinajstić information content (AvgIpc) is 2.15. The third kappa shape index (κ3) is 1.56. The van der Waals surface area contributed by atoms with E-state index in [1.807, 2.05) is 5.32 Å². The fraction of sp³-hybridized carbons (Fsp3) is 0.125. The highest BCUT2D eigenvalue weighted by molar-refractivity contribution is 9.10. The molecule has 1 N–H and O–H groups in total. The van der Waals surface area contributed by atoms with Crippen molar-refractivity contribution in [1.82, 2.24) is 0 Å². The summed E-state index contributed by atoms with van der Waals surface area (Å²) in [6.45, 7) is 0. The third-order valence-corrected chi connectivity index (χ3v) is 2.53. The molecule has 0 aromatic heterocycles. The van der Waals surface area contributed by atoms with Gasteiger partial charge in [0, 0.05) is 0 Å². The number of hydrogen-bond acceptors (Lipinski definition) is 2. The van der Waals surface area contributed by atoms with E-state index in [-0.39, 0.29) is 10.2 Å². The number of halogens is 4. The van der Waals surface area contributed by atoms with Crippen LogP contribution in [0.3, 0.4) is 0 Å². The van der Waals surface area contributed by atoms with Crippen LogP contribution in [0.4, 0.5) is 18.9 Å². The Labute approximate surface area is 90.3 Å². The number of benzene rings is 1. The molecule has 0 fully saturated rings. The largest absolute Gasteiger partial charge is 0.482 e. The zero-order valence-electron chi connectivity index (χ0n) is 6.98. The average molecular weight is 282 g/mol. The first kappa shape index (κ1) is 10.3. The molecule has 1 aliphatic rings. The second-order valence-electron chi connectivity index (χ2n) is 2.81. The van der Waals surface area contributed by atoms with Crippen LogP contribution in [0, 0.1) is 5.82 Å². The normalized spacial score (nSPS) is 17.7. The van der Waals surface area contributed by atoms with Crippen LogP contribution in [-0.2, 0) is 4.79 Å². The highest BCUT2D eigenvalue weighted by Gasteiger charge is 2.47. The maximum absolute atomic E-state index is 13.0. The van der Waals surface area contributed by atoms with Crippen molar-refractivity contribution in [3.05, 3.63) is 22.4 Å². The molecule has 1 aliphatic heterocycles. The van der Waals surface area contributed by atoms with Gasteiger partial charge in [0.2, 0.25) is 0 Å². The Morgan fingerprint density at radius 3 is 2.73 bits per heavy atom. The van der Waals surface area contributed by atoms with Gasteiger partial charge in [-0.05, 0) is 28.1 Å². The van der Waals surface area contributed by atoms with Crippen LogP contribution in [0.15, 0.2) is 16.6 Å². The van der Waals surface area contributed by atoms with Gasteiger partial charge >= 0.3 is 12.0 Å². The lowest BCUT2D eigenvalue weighted by atomic mass is 10.2. The third-order valence-electron chi connectivity index (χ3n) is 1.79. The molecule has 0 spiro atoms. The van der Waals surface area contributed by atoms with Crippen LogP contribution < -0.4 is 10.1 Å². The molecule has 7 heteroatoms. The van der Waals surface area contributed by atoms with Crippen molar-refractivity contribution in [1.29, 1.82) is 0 Å². The van der Waals surface area contributed by atoms with E-state index in [2.05, 4.69) is 20.7 Å². The van der Waals surface area contributed by atoms with Gasteiger partial charge in [-0.1, -0.05) is 0 Å². The fourth-order valence-corrected chi connectivity index (χ4v) is 1.53. The summed E-state index contributed by atoms with van der Waals surface area (Å²) in [6, 6.07) is 2.17. The van der Waals surface area contributed by atoms with Crippen LogP contribution in [0.25, 0.3) is 0 Å². The van der Waals surface area contributed by atoms with Gasteiger partial charge in [0.05, 0.1) is 10.2 Å². The topological polar surface area (TPSA) is 38.3 Å². The predicted molar refractivity (Wildman–Crippen MR) is 48.3 cm³/mol. The quantitative estimate of drug-likeness (QED) is 0.794. The molecule has 0 radical (unpaired) electrons. The molecule has 1 heterocycles. The van der Waals surface area contributed by atoms with E-state index in [1.165, 1.54) is 0 Å². The molecule has 3 nitrogen and oxygen atoms in total. The maximum Gasteiger partial charge on any atom is 0.482 e. The molecule has 1 aromatic rings. The molecular formula is C8H3BrF3NO2. The van der Waals surface area contributed by atoms with Gasteiger partial charge in [-0.15, -0.1) is 0 Å². The number of ether oxygens (including phenoxy) is 1. The summed E-state index contributed by atoms with van der Waals surface area (Å²) in [5, 5.41) is 1.91. The van der Waals surface area contributed by atoms with E-state index >= 15 is 0 Å². The Morgan fingerprint density at radius 1 is 1.40 bits per heavy atom. The second kappa shape index (κ2) is 3.13. The van der Waals surface area contributed by atoms with Crippen LogP contribution in [-0.4, -0.2) is 12.0 Å². The molecule has 0 bridgehead atoms. The van der Waals surface area contributed by atoms with Gasteiger partial charge in [-0.3, -0.25) is 4.79 Å². The van der Waals surface area contributed by atoms with Gasteiger partial charge in [0.15, 0.2) is 5.75 Å². The molecule has 15 heavy (non-hydrogen) atoms. The van der Waals surface area contributed by atoms with Crippen molar-refractivity contribution >= 4 is 27.5 Å². The summed E-state index contributed by atoms with van der Waals surface area (Å²) in [5.41, 5.74) is -0.000741. The summed E-state index contributed by atoms with van der Waals surface area (Å²) in [6.07, 6.45) is -3.98. The second-order valence-corrected chi connectivity index (χ2v) is 3.60. The Kier molecular flexibility index (Phi) is 2.14. The molecule has 0 aliphatic carbocycles. The molecular weight excluding hydrogens is 279 g/mol. The van der Waals surface area contributed by atoms with Crippen LogP contribution in [0.2, 0.25) is 0 Å². The standard InChI is InChI=1S/C8H3BrF3NO2/c9-5-3(10)1-2-4-6(5)15-8(11,12)7(14)13-4/h1-2H,(H,13,14).